The van der Waals surface area contributed by atoms with Crippen LogP contribution < -0.4 is 10.7 Å². The van der Waals surface area contributed by atoms with Gasteiger partial charge in [-0.3, -0.25) is 9.59 Å². The van der Waals surface area contributed by atoms with Crippen molar-refractivity contribution in [2.24, 2.45) is 11.0 Å². The molecule has 5 nitrogen and oxygen atoms in total. The third kappa shape index (κ3) is 5.28. The summed E-state index contributed by atoms with van der Waals surface area (Å²) in [6.45, 7) is 5.85. The van der Waals surface area contributed by atoms with Gasteiger partial charge < -0.3 is 5.32 Å². The first kappa shape index (κ1) is 18.4. The van der Waals surface area contributed by atoms with Gasteiger partial charge in [0.2, 0.25) is 5.91 Å². The van der Waals surface area contributed by atoms with Crippen LogP contribution in [0.4, 0.5) is 5.69 Å². The fourth-order valence-corrected chi connectivity index (χ4v) is 2.27. The van der Waals surface area contributed by atoms with Gasteiger partial charge in [0.1, 0.15) is 0 Å². The number of amides is 2. The Bertz CT molecular complexity index is 750. The minimum absolute atomic E-state index is 0.0637. The fraction of sp³-hybridized carbons (Fsp3) is 0.250. The molecule has 2 amide bonds. The number of nitrogens with one attached hydrogen (secondary N) is 2. The van der Waals surface area contributed by atoms with Gasteiger partial charge in [-0.15, -0.1) is 0 Å². The Hall–Kier alpha value is -2.95. The average molecular weight is 337 g/mol. The van der Waals surface area contributed by atoms with Crippen LogP contribution in [-0.2, 0) is 4.79 Å². The molecular weight excluding hydrogens is 314 g/mol. The molecule has 0 unspecified atom stereocenters. The molecule has 0 aliphatic heterocycles. The molecule has 0 aliphatic rings. The lowest BCUT2D eigenvalue weighted by Crippen LogP contribution is -2.22. The Kier molecular flexibility index (Phi) is 6.46. The molecule has 2 aromatic rings. The lowest BCUT2D eigenvalue weighted by Gasteiger charge is -2.11. The Morgan fingerprint density at radius 1 is 0.960 bits per heavy atom. The number of carbonyl (C=O) groups is 2. The Balaban J connectivity index is 2.09. The van der Waals surface area contributed by atoms with E-state index in [1.807, 2.05) is 44.2 Å². The highest BCUT2D eigenvalue weighted by Crippen LogP contribution is 2.11. The second-order valence-electron chi connectivity index (χ2n) is 5.94. The second-order valence-corrected chi connectivity index (χ2v) is 5.94. The highest BCUT2D eigenvalue weighted by molar-refractivity contribution is 6.03. The average Bonchev–Trinajstić information content (AvgIpc) is 2.62. The van der Waals surface area contributed by atoms with Crippen LogP contribution in [0.1, 0.15) is 43.1 Å². The van der Waals surface area contributed by atoms with E-state index >= 15 is 0 Å². The van der Waals surface area contributed by atoms with E-state index < -0.39 is 0 Å². The Labute approximate surface area is 148 Å². The molecule has 2 N–H and O–H groups in total. The van der Waals surface area contributed by atoms with E-state index in [1.54, 1.807) is 31.2 Å². The van der Waals surface area contributed by atoms with E-state index in [9.17, 15) is 9.59 Å². The molecule has 0 saturated heterocycles. The minimum atomic E-state index is -0.289. The van der Waals surface area contributed by atoms with Gasteiger partial charge in [-0.25, -0.2) is 5.43 Å². The molecule has 0 fully saturated rings. The molecule has 0 spiro atoms. The summed E-state index contributed by atoms with van der Waals surface area (Å²) in [4.78, 5) is 23.7. The first-order valence-corrected chi connectivity index (χ1v) is 8.34. The molecule has 25 heavy (non-hydrogen) atoms. The lowest BCUT2D eigenvalue weighted by molar-refractivity contribution is -0.115. The molecule has 5 heteroatoms. The van der Waals surface area contributed by atoms with Crippen molar-refractivity contribution >= 4 is 23.2 Å². The topological polar surface area (TPSA) is 70.6 Å². The van der Waals surface area contributed by atoms with Crippen LogP contribution in [0.2, 0.25) is 0 Å². The summed E-state index contributed by atoms with van der Waals surface area (Å²) in [5.41, 5.74) is 5.56. The Morgan fingerprint density at radius 2 is 1.60 bits per heavy atom. The smallest absolute Gasteiger partial charge is 0.271 e. The van der Waals surface area contributed by atoms with Crippen LogP contribution in [0, 0.1) is 5.92 Å². The van der Waals surface area contributed by atoms with E-state index in [1.165, 1.54) is 0 Å². The maximum absolute atomic E-state index is 12.3. The van der Waals surface area contributed by atoms with Crippen molar-refractivity contribution < 1.29 is 9.59 Å². The van der Waals surface area contributed by atoms with Gasteiger partial charge in [-0.1, -0.05) is 51.1 Å². The molecule has 2 rings (SSSR count). The quantitative estimate of drug-likeness (QED) is 0.621. The van der Waals surface area contributed by atoms with Crippen molar-refractivity contribution in [3.8, 4) is 0 Å². The SMILES string of the molecule is CCC(=O)Nc1ccc(C(=O)N/N=C(\c2ccccc2)C(C)C)cc1. The molecule has 0 atom stereocenters. The van der Waals surface area contributed by atoms with Gasteiger partial charge in [0.25, 0.3) is 5.91 Å². The number of hydrazone groups is 1. The molecular formula is C20H23N3O2. The predicted octanol–water partition coefficient (Wildman–Crippen LogP) is 3.83. The van der Waals surface area contributed by atoms with E-state index in [0.29, 0.717) is 17.7 Å². The fourth-order valence-electron chi connectivity index (χ4n) is 2.27. The van der Waals surface area contributed by atoms with Gasteiger partial charge in [0.05, 0.1) is 5.71 Å². The molecule has 0 heterocycles. The van der Waals surface area contributed by atoms with Crippen molar-refractivity contribution in [1.82, 2.24) is 5.43 Å². The van der Waals surface area contributed by atoms with E-state index in [-0.39, 0.29) is 17.7 Å². The molecule has 0 radical (unpaired) electrons. The summed E-state index contributed by atoms with van der Waals surface area (Å²) >= 11 is 0. The number of hydrogen-bond donors (Lipinski definition) is 2. The van der Waals surface area contributed by atoms with Crippen molar-refractivity contribution in [3.05, 3.63) is 65.7 Å². The third-order valence-electron chi connectivity index (χ3n) is 3.65. The normalized spacial score (nSPS) is 11.3. The first-order valence-electron chi connectivity index (χ1n) is 8.34. The standard InChI is InChI=1S/C20H23N3O2/c1-4-18(24)21-17-12-10-16(11-13-17)20(25)23-22-19(14(2)3)15-8-6-5-7-9-15/h5-14H,4H2,1-3H3,(H,21,24)(H,23,25)/b22-19-. The number of carbonyl (C=O) groups excluding carboxylic acids is 2. The van der Waals surface area contributed by atoms with Crippen LogP contribution in [0.25, 0.3) is 0 Å². The summed E-state index contributed by atoms with van der Waals surface area (Å²) < 4.78 is 0. The summed E-state index contributed by atoms with van der Waals surface area (Å²) in [7, 11) is 0. The van der Waals surface area contributed by atoms with Gasteiger partial charge in [0.15, 0.2) is 0 Å². The molecule has 0 aliphatic carbocycles. The van der Waals surface area contributed by atoms with E-state index in [4.69, 9.17) is 0 Å². The van der Waals surface area contributed by atoms with Crippen molar-refractivity contribution in [2.45, 2.75) is 27.2 Å². The highest BCUT2D eigenvalue weighted by atomic mass is 16.2. The molecule has 0 bridgehead atoms. The second kappa shape index (κ2) is 8.78. The van der Waals surface area contributed by atoms with Crippen LogP contribution in [-0.4, -0.2) is 17.5 Å². The number of benzene rings is 2. The molecule has 0 aromatic heterocycles. The van der Waals surface area contributed by atoms with Gasteiger partial charge in [-0.2, -0.15) is 5.10 Å². The summed E-state index contributed by atoms with van der Waals surface area (Å²) in [5, 5.41) is 7.05. The predicted molar refractivity (Wildman–Crippen MR) is 101 cm³/mol. The van der Waals surface area contributed by atoms with Gasteiger partial charge in [0, 0.05) is 17.7 Å². The number of hydrogen-bond acceptors (Lipinski definition) is 3. The minimum Gasteiger partial charge on any atom is -0.326 e. The van der Waals surface area contributed by atoms with E-state index in [2.05, 4.69) is 15.8 Å². The van der Waals surface area contributed by atoms with Crippen LogP contribution >= 0.6 is 0 Å². The zero-order valence-electron chi connectivity index (χ0n) is 14.7. The van der Waals surface area contributed by atoms with Crippen molar-refractivity contribution in [2.75, 3.05) is 5.32 Å². The zero-order chi connectivity index (χ0) is 18.2. The summed E-state index contributed by atoms with van der Waals surface area (Å²) in [5.74, 6) is -0.178. The third-order valence-corrected chi connectivity index (χ3v) is 3.65. The maximum Gasteiger partial charge on any atom is 0.271 e. The molecule has 2 aromatic carbocycles. The summed E-state index contributed by atoms with van der Waals surface area (Å²) in [6.07, 6.45) is 0.411. The first-order chi connectivity index (χ1) is 12.0. The maximum atomic E-state index is 12.3. The van der Waals surface area contributed by atoms with Gasteiger partial charge >= 0.3 is 0 Å². The number of nitrogens with zero attached hydrogens (tertiary/aromatic N) is 1. The van der Waals surface area contributed by atoms with E-state index in [0.717, 1.165) is 11.3 Å². The zero-order valence-corrected chi connectivity index (χ0v) is 14.7. The van der Waals surface area contributed by atoms with Crippen LogP contribution in [0.3, 0.4) is 0 Å². The highest BCUT2D eigenvalue weighted by Gasteiger charge is 2.10. The molecule has 130 valence electrons. The number of anilines is 1. The Morgan fingerprint density at radius 3 is 2.16 bits per heavy atom. The van der Waals surface area contributed by atoms with Crippen LogP contribution in [0.15, 0.2) is 59.7 Å². The van der Waals surface area contributed by atoms with Crippen LogP contribution in [0.5, 0.6) is 0 Å². The lowest BCUT2D eigenvalue weighted by atomic mass is 10.0. The monoisotopic (exact) mass is 337 g/mol. The largest absolute Gasteiger partial charge is 0.326 e. The number of rotatable bonds is 6. The van der Waals surface area contributed by atoms with Crippen molar-refractivity contribution in [1.29, 1.82) is 0 Å². The summed E-state index contributed by atoms with van der Waals surface area (Å²) in [6, 6.07) is 16.5. The van der Waals surface area contributed by atoms with Crippen molar-refractivity contribution in [3.63, 3.8) is 0 Å². The molecule has 0 saturated carbocycles. The van der Waals surface area contributed by atoms with Gasteiger partial charge in [-0.05, 0) is 35.7 Å².